The highest BCUT2D eigenvalue weighted by atomic mass is 16.5. The Kier molecular flexibility index (Phi) is 6.77. The van der Waals surface area contributed by atoms with Crippen molar-refractivity contribution in [2.24, 2.45) is 0 Å². The number of nitrogens with one attached hydrogen (secondary N) is 1. The van der Waals surface area contributed by atoms with E-state index in [4.69, 9.17) is 19.4 Å². The first-order valence-corrected chi connectivity index (χ1v) is 13.6. The largest absolute Gasteiger partial charge is 0.494 e. The molecule has 6 rings (SSSR count). The van der Waals surface area contributed by atoms with Gasteiger partial charge in [0.25, 0.3) is 0 Å². The Morgan fingerprint density at radius 2 is 1.87 bits per heavy atom. The lowest BCUT2D eigenvalue weighted by molar-refractivity contribution is 0.338. The predicted molar refractivity (Wildman–Crippen MR) is 153 cm³/mol. The SMILES string of the molecule is CCOc1cc(-c2nc(C3CCN(c4ncnc5c4C=C(c4ccnc(OC)c4)C5)CC3)[nH]c2C)ccc1C. The summed E-state index contributed by atoms with van der Waals surface area (Å²) in [5, 5.41) is 0. The first kappa shape index (κ1) is 25.1. The van der Waals surface area contributed by atoms with E-state index in [1.54, 1.807) is 19.6 Å². The topological polar surface area (TPSA) is 89.1 Å². The van der Waals surface area contributed by atoms with Gasteiger partial charge in [-0.3, -0.25) is 0 Å². The molecule has 1 aromatic carbocycles. The van der Waals surface area contributed by atoms with E-state index in [-0.39, 0.29) is 0 Å². The Bertz CT molecular complexity index is 1530. The molecule has 2 aliphatic rings. The average molecular weight is 523 g/mol. The van der Waals surface area contributed by atoms with Crippen molar-refractivity contribution in [1.82, 2.24) is 24.9 Å². The molecule has 0 saturated carbocycles. The van der Waals surface area contributed by atoms with Crippen LogP contribution >= 0.6 is 0 Å². The van der Waals surface area contributed by atoms with Crippen LogP contribution in [0.3, 0.4) is 0 Å². The third kappa shape index (κ3) is 4.87. The Morgan fingerprint density at radius 3 is 2.67 bits per heavy atom. The third-order valence-corrected chi connectivity index (χ3v) is 7.78. The van der Waals surface area contributed by atoms with Gasteiger partial charge in [-0.05, 0) is 68.5 Å². The molecule has 8 nitrogen and oxygen atoms in total. The van der Waals surface area contributed by atoms with Crippen molar-refractivity contribution < 1.29 is 9.47 Å². The minimum Gasteiger partial charge on any atom is -0.494 e. The summed E-state index contributed by atoms with van der Waals surface area (Å²) in [6, 6.07) is 10.3. The van der Waals surface area contributed by atoms with Gasteiger partial charge in [-0.15, -0.1) is 0 Å². The van der Waals surface area contributed by atoms with Crippen LogP contribution in [0, 0.1) is 13.8 Å². The van der Waals surface area contributed by atoms with Crippen LogP contribution in [0.2, 0.25) is 0 Å². The molecule has 1 N–H and O–H groups in total. The van der Waals surface area contributed by atoms with Crippen molar-refractivity contribution in [3.8, 4) is 22.9 Å². The number of hydrogen-bond donors (Lipinski definition) is 1. The van der Waals surface area contributed by atoms with Gasteiger partial charge in [0.05, 0.1) is 25.1 Å². The molecule has 1 saturated heterocycles. The van der Waals surface area contributed by atoms with Gasteiger partial charge in [0.15, 0.2) is 0 Å². The maximum atomic E-state index is 5.82. The highest BCUT2D eigenvalue weighted by Crippen LogP contribution is 2.38. The monoisotopic (exact) mass is 522 g/mol. The molecule has 0 amide bonds. The van der Waals surface area contributed by atoms with E-state index in [1.165, 1.54) is 5.57 Å². The van der Waals surface area contributed by atoms with Crippen LogP contribution in [-0.2, 0) is 6.42 Å². The average Bonchev–Trinajstić information content (AvgIpc) is 3.58. The van der Waals surface area contributed by atoms with Gasteiger partial charge in [0.1, 0.15) is 23.7 Å². The number of allylic oxidation sites excluding steroid dienone is 1. The number of rotatable bonds is 7. The predicted octanol–water partition coefficient (Wildman–Crippen LogP) is 5.77. The van der Waals surface area contributed by atoms with Crippen molar-refractivity contribution in [2.45, 2.75) is 46.0 Å². The van der Waals surface area contributed by atoms with Crippen molar-refractivity contribution in [2.75, 3.05) is 31.7 Å². The van der Waals surface area contributed by atoms with Crippen LogP contribution < -0.4 is 14.4 Å². The number of nitrogens with zero attached hydrogens (tertiary/aromatic N) is 5. The van der Waals surface area contributed by atoms with E-state index in [9.17, 15) is 0 Å². The van der Waals surface area contributed by atoms with Crippen LogP contribution in [0.25, 0.3) is 22.9 Å². The Morgan fingerprint density at radius 1 is 1.03 bits per heavy atom. The normalized spacial score (nSPS) is 15.3. The van der Waals surface area contributed by atoms with Crippen LogP contribution in [-0.4, -0.2) is 51.7 Å². The molecule has 0 unspecified atom stereocenters. The van der Waals surface area contributed by atoms with Gasteiger partial charge in [0, 0.05) is 54.5 Å². The molecule has 3 aromatic heterocycles. The number of pyridine rings is 1. The second-order valence-corrected chi connectivity index (χ2v) is 10.3. The van der Waals surface area contributed by atoms with Crippen molar-refractivity contribution in [3.05, 3.63) is 76.8 Å². The zero-order valence-electron chi connectivity index (χ0n) is 23.0. The summed E-state index contributed by atoms with van der Waals surface area (Å²) < 4.78 is 11.1. The maximum Gasteiger partial charge on any atom is 0.213 e. The van der Waals surface area contributed by atoms with E-state index in [2.05, 4.69) is 58.0 Å². The lowest BCUT2D eigenvalue weighted by Crippen LogP contribution is -2.34. The number of H-pyrrole nitrogens is 1. The molecule has 0 bridgehead atoms. The van der Waals surface area contributed by atoms with Gasteiger partial charge in [-0.25, -0.2) is 19.9 Å². The van der Waals surface area contributed by atoms with E-state index >= 15 is 0 Å². The van der Waals surface area contributed by atoms with E-state index in [0.717, 1.165) is 89.1 Å². The van der Waals surface area contributed by atoms with E-state index in [0.29, 0.717) is 18.4 Å². The molecule has 0 spiro atoms. The summed E-state index contributed by atoms with van der Waals surface area (Å²) in [5.74, 6) is 4.02. The molecular weight excluding hydrogens is 488 g/mol. The molecule has 0 atom stereocenters. The summed E-state index contributed by atoms with van der Waals surface area (Å²) in [6.07, 6.45) is 8.53. The van der Waals surface area contributed by atoms with Gasteiger partial charge in [-0.1, -0.05) is 12.1 Å². The first-order chi connectivity index (χ1) is 19.0. The van der Waals surface area contributed by atoms with Crippen LogP contribution in [0.5, 0.6) is 11.6 Å². The second-order valence-electron chi connectivity index (χ2n) is 10.3. The highest BCUT2D eigenvalue weighted by Gasteiger charge is 2.28. The fraction of sp³-hybridized carbons (Fsp3) is 0.355. The van der Waals surface area contributed by atoms with Crippen LogP contribution in [0.1, 0.15) is 59.6 Å². The molecule has 4 heterocycles. The summed E-state index contributed by atoms with van der Waals surface area (Å²) in [7, 11) is 1.64. The second kappa shape index (κ2) is 10.5. The lowest BCUT2D eigenvalue weighted by atomic mass is 9.96. The van der Waals surface area contributed by atoms with Crippen molar-refractivity contribution in [3.63, 3.8) is 0 Å². The third-order valence-electron chi connectivity index (χ3n) is 7.78. The number of aromatic amines is 1. The van der Waals surface area contributed by atoms with Gasteiger partial charge in [-0.2, -0.15) is 0 Å². The van der Waals surface area contributed by atoms with E-state index < -0.39 is 0 Å². The van der Waals surface area contributed by atoms with Gasteiger partial charge < -0.3 is 19.4 Å². The highest BCUT2D eigenvalue weighted by molar-refractivity contribution is 5.91. The number of fused-ring (bicyclic) bond motifs is 1. The Hall–Kier alpha value is -4.20. The standard InChI is InChI=1S/C31H34N6O2/c1-5-39-27-16-23(7-6-19(27)2)29-20(3)35-30(36-29)21-9-12-37(13-10-21)31-25-14-24(15-26(25)33-18-34-31)22-8-11-32-28(17-22)38-4/h6-8,11,14,16-18,21H,5,9-10,12-13,15H2,1-4H3,(H,35,36). The molecule has 1 fully saturated rings. The van der Waals surface area contributed by atoms with Crippen LogP contribution in [0.4, 0.5) is 5.82 Å². The number of aryl methyl sites for hydroxylation is 2. The Balaban J connectivity index is 1.18. The molecule has 8 heteroatoms. The number of hydrogen-bond acceptors (Lipinski definition) is 7. The number of methoxy groups -OCH3 is 1. The molecule has 1 aliphatic carbocycles. The van der Waals surface area contributed by atoms with Crippen molar-refractivity contribution >= 4 is 17.5 Å². The fourth-order valence-corrected chi connectivity index (χ4v) is 5.66. The molecule has 4 aromatic rings. The molecule has 39 heavy (non-hydrogen) atoms. The quantitative estimate of drug-likeness (QED) is 0.330. The van der Waals surface area contributed by atoms with Gasteiger partial charge >= 0.3 is 0 Å². The number of ether oxygens (including phenoxy) is 2. The zero-order chi connectivity index (χ0) is 26.9. The minimum absolute atomic E-state index is 0.385. The summed E-state index contributed by atoms with van der Waals surface area (Å²) in [5.41, 5.74) is 8.85. The minimum atomic E-state index is 0.385. The Labute approximate surface area is 229 Å². The summed E-state index contributed by atoms with van der Waals surface area (Å²) in [4.78, 5) is 24.6. The fourth-order valence-electron chi connectivity index (χ4n) is 5.66. The molecular formula is C31H34N6O2. The molecule has 1 aliphatic heterocycles. The first-order valence-electron chi connectivity index (χ1n) is 13.6. The summed E-state index contributed by atoms with van der Waals surface area (Å²) >= 11 is 0. The number of piperidine rings is 1. The summed E-state index contributed by atoms with van der Waals surface area (Å²) in [6.45, 7) is 8.69. The number of anilines is 1. The maximum absolute atomic E-state index is 5.82. The molecule has 200 valence electrons. The smallest absolute Gasteiger partial charge is 0.213 e. The number of imidazole rings is 1. The molecule has 0 radical (unpaired) electrons. The van der Waals surface area contributed by atoms with Gasteiger partial charge in [0.2, 0.25) is 5.88 Å². The lowest BCUT2D eigenvalue weighted by Gasteiger charge is -2.32. The number of benzene rings is 1. The number of aromatic nitrogens is 5. The van der Waals surface area contributed by atoms with Crippen molar-refractivity contribution in [1.29, 1.82) is 0 Å². The van der Waals surface area contributed by atoms with E-state index in [1.807, 2.05) is 19.1 Å². The zero-order valence-corrected chi connectivity index (χ0v) is 23.0. The van der Waals surface area contributed by atoms with Crippen LogP contribution in [0.15, 0.2) is 42.9 Å².